The lowest BCUT2D eigenvalue weighted by molar-refractivity contribution is -0.138. The van der Waals surface area contributed by atoms with Gasteiger partial charge >= 0.3 is 5.97 Å². The highest BCUT2D eigenvalue weighted by molar-refractivity contribution is 7.91. The Bertz CT molecular complexity index is 713. The lowest BCUT2D eigenvalue weighted by Crippen LogP contribution is -2.44. The average Bonchev–Trinajstić information content (AvgIpc) is 2.93. The number of carbonyl (C=O) groups is 2. The van der Waals surface area contributed by atoms with Crippen molar-refractivity contribution in [3.8, 4) is 5.75 Å². The minimum absolute atomic E-state index is 0.00418. The zero-order valence-electron chi connectivity index (χ0n) is 13.9. The second-order valence-electron chi connectivity index (χ2n) is 5.78. The van der Waals surface area contributed by atoms with Crippen LogP contribution in [0.2, 0.25) is 0 Å². The van der Waals surface area contributed by atoms with Gasteiger partial charge < -0.3 is 14.4 Å². The van der Waals surface area contributed by atoms with E-state index in [1.165, 1.54) is 12.0 Å². The van der Waals surface area contributed by atoms with E-state index in [1.807, 2.05) is 0 Å². The van der Waals surface area contributed by atoms with Crippen molar-refractivity contribution in [3.05, 3.63) is 29.8 Å². The molecule has 0 aromatic heterocycles. The van der Waals surface area contributed by atoms with Gasteiger partial charge in [-0.05, 0) is 37.6 Å². The summed E-state index contributed by atoms with van der Waals surface area (Å²) in [4.78, 5) is 25.2. The van der Waals surface area contributed by atoms with Crippen LogP contribution >= 0.6 is 0 Å². The molecule has 2 atom stereocenters. The molecule has 24 heavy (non-hydrogen) atoms. The molecule has 132 valence electrons. The van der Waals surface area contributed by atoms with E-state index in [-0.39, 0.29) is 23.5 Å². The normalized spacial score (nSPS) is 20.2. The Morgan fingerprint density at radius 1 is 1.25 bits per heavy atom. The third-order valence-corrected chi connectivity index (χ3v) is 5.79. The highest BCUT2D eigenvalue weighted by atomic mass is 32.2. The predicted molar refractivity (Wildman–Crippen MR) is 87.7 cm³/mol. The Morgan fingerprint density at radius 3 is 2.38 bits per heavy atom. The van der Waals surface area contributed by atoms with Crippen molar-refractivity contribution in [2.24, 2.45) is 0 Å². The molecule has 1 fully saturated rings. The summed E-state index contributed by atoms with van der Waals surface area (Å²) < 4.78 is 33.3. The molecule has 1 aromatic carbocycles. The van der Waals surface area contributed by atoms with Crippen molar-refractivity contribution in [2.45, 2.75) is 25.5 Å². The van der Waals surface area contributed by atoms with E-state index in [2.05, 4.69) is 4.74 Å². The first-order valence-corrected chi connectivity index (χ1v) is 9.38. The summed E-state index contributed by atoms with van der Waals surface area (Å²) in [5, 5.41) is 0. The standard InChI is InChI=1S/C16H21NO6S/c1-11(15(18)17(2)13-8-9-24(20,21)10-13)23-14-6-4-12(5-7-14)16(19)22-3/h4-7,11,13H,8-10H2,1-3H3. The molecular weight excluding hydrogens is 334 g/mol. The summed E-state index contributed by atoms with van der Waals surface area (Å²) in [7, 11) is -0.163. The van der Waals surface area contributed by atoms with Gasteiger partial charge in [0.05, 0.1) is 24.2 Å². The van der Waals surface area contributed by atoms with Gasteiger partial charge in [0.25, 0.3) is 5.91 Å². The van der Waals surface area contributed by atoms with E-state index in [0.29, 0.717) is 17.7 Å². The molecule has 1 aromatic rings. The molecule has 2 unspecified atom stereocenters. The minimum atomic E-state index is -3.05. The van der Waals surface area contributed by atoms with Crippen LogP contribution in [-0.4, -0.2) is 63.0 Å². The van der Waals surface area contributed by atoms with Crippen molar-refractivity contribution in [1.29, 1.82) is 0 Å². The summed E-state index contributed by atoms with van der Waals surface area (Å²) in [6.45, 7) is 1.61. The van der Waals surface area contributed by atoms with Crippen LogP contribution in [0.25, 0.3) is 0 Å². The molecule has 0 spiro atoms. The predicted octanol–water partition coefficient (Wildman–Crippen LogP) is 0.886. The van der Waals surface area contributed by atoms with Gasteiger partial charge in [-0.3, -0.25) is 4.79 Å². The first kappa shape index (κ1) is 18.3. The number of nitrogens with zero attached hydrogens (tertiary/aromatic N) is 1. The fourth-order valence-corrected chi connectivity index (χ4v) is 4.36. The van der Waals surface area contributed by atoms with Gasteiger partial charge in [0.1, 0.15) is 5.75 Å². The highest BCUT2D eigenvalue weighted by Crippen LogP contribution is 2.19. The van der Waals surface area contributed by atoms with Crippen LogP contribution in [0.4, 0.5) is 0 Å². The molecule has 1 heterocycles. The van der Waals surface area contributed by atoms with Gasteiger partial charge in [0.15, 0.2) is 15.9 Å². The Hall–Kier alpha value is -2.09. The summed E-state index contributed by atoms with van der Waals surface area (Å²) in [6.07, 6.45) is -0.312. The van der Waals surface area contributed by atoms with Crippen LogP contribution in [0.5, 0.6) is 5.75 Å². The van der Waals surface area contributed by atoms with Gasteiger partial charge in [0.2, 0.25) is 0 Å². The zero-order chi connectivity index (χ0) is 17.9. The topological polar surface area (TPSA) is 90.0 Å². The quantitative estimate of drug-likeness (QED) is 0.729. The van der Waals surface area contributed by atoms with Gasteiger partial charge in [-0.2, -0.15) is 0 Å². The van der Waals surface area contributed by atoms with Crippen molar-refractivity contribution in [1.82, 2.24) is 4.90 Å². The molecule has 0 bridgehead atoms. The molecular formula is C16H21NO6S. The number of rotatable bonds is 5. The van der Waals surface area contributed by atoms with E-state index >= 15 is 0 Å². The Kier molecular flexibility index (Phi) is 5.48. The number of ether oxygens (including phenoxy) is 2. The van der Waals surface area contributed by atoms with E-state index in [1.54, 1.807) is 38.2 Å². The van der Waals surface area contributed by atoms with Crippen LogP contribution in [0.15, 0.2) is 24.3 Å². The number of benzene rings is 1. The third-order valence-electron chi connectivity index (χ3n) is 4.04. The van der Waals surface area contributed by atoms with Crippen LogP contribution in [0.1, 0.15) is 23.7 Å². The number of esters is 1. The van der Waals surface area contributed by atoms with Crippen molar-refractivity contribution < 1.29 is 27.5 Å². The SMILES string of the molecule is COC(=O)c1ccc(OC(C)C(=O)N(C)C2CCS(=O)(=O)C2)cc1. The van der Waals surface area contributed by atoms with Gasteiger partial charge in [-0.1, -0.05) is 0 Å². The van der Waals surface area contributed by atoms with Crippen molar-refractivity contribution >= 4 is 21.7 Å². The number of methoxy groups -OCH3 is 1. The van der Waals surface area contributed by atoms with E-state index in [0.717, 1.165) is 0 Å². The summed E-state index contributed by atoms with van der Waals surface area (Å²) >= 11 is 0. The molecule has 1 amide bonds. The number of amides is 1. The molecule has 1 saturated heterocycles. The first-order chi connectivity index (χ1) is 11.2. The summed E-state index contributed by atoms with van der Waals surface area (Å²) in [6, 6.07) is 5.94. The maximum Gasteiger partial charge on any atom is 0.337 e. The molecule has 1 aliphatic heterocycles. The van der Waals surface area contributed by atoms with E-state index in [4.69, 9.17) is 4.74 Å². The first-order valence-electron chi connectivity index (χ1n) is 7.55. The third kappa shape index (κ3) is 4.25. The molecule has 8 heteroatoms. The monoisotopic (exact) mass is 355 g/mol. The van der Waals surface area contributed by atoms with Crippen LogP contribution in [0.3, 0.4) is 0 Å². The lowest BCUT2D eigenvalue weighted by Gasteiger charge is -2.26. The molecule has 7 nitrogen and oxygen atoms in total. The molecule has 2 rings (SSSR count). The molecule has 1 aliphatic rings. The second kappa shape index (κ2) is 7.21. The van der Waals surface area contributed by atoms with E-state index < -0.39 is 21.9 Å². The summed E-state index contributed by atoms with van der Waals surface area (Å²) in [5.74, 6) is -0.187. The number of hydrogen-bond donors (Lipinski definition) is 0. The average molecular weight is 355 g/mol. The van der Waals surface area contributed by atoms with Crippen molar-refractivity contribution in [3.63, 3.8) is 0 Å². The molecule has 0 N–H and O–H groups in total. The Morgan fingerprint density at radius 2 is 1.88 bits per heavy atom. The highest BCUT2D eigenvalue weighted by Gasteiger charge is 2.34. The number of carbonyl (C=O) groups excluding carboxylic acids is 2. The minimum Gasteiger partial charge on any atom is -0.481 e. The van der Waals surface area contributed by atoms with Gasteiger partial charge in [0, 0.05) is 13.1 Å². The fraction of sp³-hybridized carbons (Fsp3) is 0.500. The number of likely N-dealkylation sites (N-methyl/N-ethyl adjacent to an activating group) is 1. The van der Waals surface area contributed by atoms with Crippen LogP contribution in [0, 0.1) is 0 Å². The largest absolute Gasteiger partial charge is 0.481 e. The number of hydrogen-bond acceptors (Lipinski definition) is 6. The molecule has 0 radical (unpaired) electrons. The van der Waals surface area contributed by atoms with Gasteiger partial charge in [-0.15, -0.1) is 0 Å². The van der Waals surface area contributed by atoms with Crippen molar-refractivity contribution in [2.75, 3.05) is 25.7 Å². The fourth-order valence-electron chi connectivity index (χ4n) is 2.59. The Labute approximate surface area is 141 Å². The molecule has 0 saturated carbocycles. The maximum atomic E-state index is 12.4. The molecule has 0 aliphatic carbocycles. The zero-order valence-corrected chi connectivity index (χ0v) is 14.7. The van der Waals surface area contributed by atoms with Crippen LogP contribution < -0.4 is 4.74 Å². The maximum absolute atomic E-state index is 12.4. The Balaban J connectivity index is 1.97. The van der Waals surface area contributed by atoms with E-state index in [9.17, 15) is 18.0 Å². The smallest absolute Gasteiger partial charge is 0.337 e. The lowest BCUT2D eigenvalue weighted by atomic mass is 10.2. The summed E-state index contributed by atoms with van der Waals surface area (Å²) in [5.41, 5.74) is 0.386. The van der Waals surface area contributed by atoms with Gasteiger partial charge in [-0.25, -0.2) is 13.2 Å². The number of sulfone groups is 1. The second-order valence-corrected chi connectivity index (χ2v) is 8.01. The van der Waals surface area contributed by atoms with Crippen LogP contribution in [-0.2, 0) is 19.4 Å².